The lowest BCUT2D eigenvalue weighted by molar-refractivity contribution is -0.126. The van der Waals surface area contributed by atoms with Crippen LogP contribution in [-0.4, -0.2) is 71.5 Å². The van der Waals surface area contributed by atoms with Crippen molar-refractivity contribution in [3.8, 4) is 0 Å². The van der Waals surface area contributed by atoms with Crippen LogP contribution in [0.4, 0.5) is 4.79 Å². The van der Waals surface area contributed by atoms with E-state index in [1.807, 2.05) is 30.0 Å². The number of fused-ring (bicyclic) bond motifs is 1. The van der Waals surface area contributed by atoms with Crippen molar-refractivity contribution in [1.82, 2.24) is 25.4 Å². The van der Waals surface area contributed by atoms with Crippen molar-refractivity contribution in [3.05, 3.63) is 29.3 Å². The van der Waals surface area contributed by atoms with E-state index in [0.29, 0.717) is 25.7 Å². The third-order valence-electron chi connectivity index (χ3n) is 5.63. The van der Waals surface area contributed by atoms with Crippen LogP contribution in [0.25, 0.3) is 10.2 Å². The van der Waals surface area contributed by atoms with Crippen LogP contribution in [0.3, 0.4) is 0 Å². The van der Waals surface area contributed by atoms with Crippen LogP contribution in [0.2, 0.25) is 0 Å². The van der Waals surface area contributed by atoms with Crippen LogP contribution in [0, 0.1) is 0 Å². The van der Waals surface area contributed by atoms with Gasteiger partial charge < -0.3 is 15.5 Å². The average Bonchev–Trinajstić information content (AvgIpc) is 3.46. The zero-order valence-corrected chi connectivity index (χ0v) is 17.7. The van der Waals surface area contributed by atoms with E-state index in [-0.39, 0.29) is 18.0 Å². The van der Waals surface area contributed by atoms with Crippen LogP contribution in [0.5, 0.6) is 0 Å². The highest BCUT2D eigenvalue weighted by Gasteiger charge is 2.30. The predicted octanol–water partition coefficient (Wildman–Crippen LogP) is 2.22. The Balaban J connectivity index is 1.14. The number of aryl methyl sites for hydroxylation is 1. The molecule has 8 heteroatoms. The van der Waals surface area contributed by atoms with E-state index < -0.39 is 0 Å². The van der Waals surface area contributed by atoms with Crippen LogP contribution in [-0.2, 0) is 11.2 Å². The third-order valence-corrected chi connectivity index (χ3v) is 6.73. The largest absolute Gasteiger partial charge is 0.352 e. The summed E-state index contributed by atoms with van der Waals surface area (Å²) >= 11 is 1.72. The Bertz CT molecular complexity index is 825. The molecule has 1 aliphatic heterocycles. The van der Waals surface area contributed by atoms with Crippen molar-refractivity contribution in [2.24, 2.45) is 0 Å². The van der Waals surface area contributed by atoms with Crippen molar-refractivity contribution < 1.29 is 9.59 Å². The van der Waals surface area contributed by atoms with Crippen molar-refractivity contribution in [1.29, 1.82) is 0 Å². The molecule has 2 heterocycles. The van der Waals surface area contributed by atoms with Crippen molar-refractivity contribution >= 4 is 33.5 Å². The molecule has 29 heavy (non-hydrogen) atoms. The maximum Gasteiger partial charge on any atom is 0.317 e. The molecule has 1 aliphatic carbocycles. The van der Waals surface area contributed by atoms with Gasteiger partial charge in [-0.15, -0.1) is 11.3 Å². The highest BCUT2D eigenvalue weighted by molar-refractivity contribution is 7.18. The molecule has 2 aliphatic rings. The van der Waals surface area contributed by atoms with E-state index in [0.717, 1.165) is 49.3 Å². The molecule has 0 radical (unpaired) electrons. The molecule has 3 amide bonds. The number of rotatable bonds is 7. The molecule has 1 aromatic carbocycles. The normalized spacial score (nSPS) is 18.6. The fourth-order valence-electron chi connectivity index (χ4n) is 3.60. The zero-order chi connectivity index (χ0) is 20.2. The van der Waals surface area contributed by atoms with Gasteiger partial charge in [0.15, 0.2) is 0 Å². The van der Waals surface area contributed by atoms with Gasteiger partial charge in [0.2, 0.25) is 5.91 Å². The molecule has 4 rings (SSSR count). The smallest absolute Gasteiger partial charge is 0.317 e. The molecule has 7 nitrogen and oxygen atoms in total. The number of hydrogen-bond acceptors (Lipinski definition) is 5. The quantitative estimate of drug-likeness (QED) is 0.680. The van der Waals surface area contributed by atoms with E-state index in [9.17, 15) is 9.59 Å². The summed E-state index contributed by atoms with van der Waals surface area (Å²) in [5.41, 5.74) is 1.05. The van der Waals surface area contributed by atoms with E-state index >= 15 is 0 Å². The third kappa shape index (κ3) is 5.25. The number of amides is 3. The fraction of sp³-hybridized carbons (Fsp3) is 0.571. The number of nitrogens with one attached hydrogen (secondary N) is 2. The molecule has 0 bridgehead atoms. The average molecular weight is 416 g/mol. The summed E-state index contributed by atoms with van der Waals surface area (Å²) in [6, 6.07) is 8.41. The number of carbonyl (C=O) groups excluding carboxylic acids is 2. The Labute approximate surface area is 175 Å². The molecular weight excluding hydrogens is 386 g/mol. The Morgan fingerprint density at radius 1 is 1.21 bits per heavy atom. The number of benzene rings is 1. The highest BCUT2D eigenvalue weighted by atomic mass is 32.1. The summed E-state index contributed by atoms with van der Waals surface area (Å²) in [5.74, 6) is 0.111. The number of piperazine rings is 1. The van der Waals surface area contributed by atoms with E-state index in [1.54, 1.807) is 11.3 Å². The Hall–Kier alpha value is -2.19. The van der Waals surface area contributed by atoms with Gasteiger partial charge in [-0.1, -0.05) is 12.1 Å². The van der Waals surface area contributed by atoms with Crippen LogP contribution >= 0.6 is 11.3 Å². The SMILES string of the molecule is CC(C(=O)NC1CC1)N1CCN(C(=O)NCCCc2nc3ccccc3s2)CC1. The molecule has 1 unspecified atom stereocenters. The summed E-state index contributed by atoms with van der Waals surface area (Å²) in [5, 5.41) is 7.21. The van der Waals surface area contributed by atoms with Gasteiger partial charge in [0, 0.05) is 45.2 Å². The second-order valence-corrected chi connectivity index (χ2v) is 9.01. The maximum absolute atomic E-state index is 12.4. The molecule has 1 atom stereocenters. The highest BCUT2D eigenvalue weighted by Crippen LogP contribution is 2.22. The van der Waals surface area contributed by atoms with Crippen LogP contribution in [0.1, 0.15) is 31.2 Å². The summed E-state index contributed by atoms with van der Waals surface area (Å²) in [6.45, 7) is 5.39. The summed E-state index contributed by atoms with van der Waals surface area (Å²) < 4.78 is 1.21. The number of nitrogens with zero attached hydrogens (tertiary/aromatic N) is 3. The lowest BCUT2D eigenvalue weighted by atomic mass is 10.2. The molecule has 156 valence electrons. The zero-order valence-electron chi connectivity index (χ0n) is 16.9. The first-order chi connectivity index (χ1) is 14.1. The lowest BCUT2D eigenvalue weighted by Crippen LogP contribution is -2.56. The first-order valence-electron chi connectivity index (χ1n) is 10.5. The van der Waals surface area contributed by atoms with Crippen molar-refractivity contribution in [2.75, 3.05) is 32.7 Å². The fourth-order valence-corrected chi connectivity index (χ4v) is 4.61. The molecule has 2 fully saturated rings. The monoisotopic (exact) mass is 415 g/mol. The van der Waals surface area contributed by atoms with Gasteiger partial charge in [0.1, 0.15) is 0 Å². The maximum atomic E-state index is 12.4. The second-order valence-electron chi connectivity index (χ2n) is 7.89. The van der Waals surface area contributed by atoms with Crippen molar-refractivity contribution in [3.63, 3.8) is 0 Å². The molecule has 1 saturated heterocycles. The van der Waals surface area contributed by atoms with Gasteiger partial charge in [-0.3, -0.25) is 9.69 Å². The molecule has 2 aromatic rings. The Kier molecular flexibility index (Phi) is 6.30. The molecule has 2 N–H and O–H groups in total. The molecular formula is C21H29N5O2S. The van der Waals surface area contributed by atoms with Gasteiger partial charge in [-0.05, 0) is 38.3 Å². The van der Waals surface area contributed by atoms with Crippen molar-refractivity contribution in [2.45, 2.75) is 44.7 Å². The summed E-state index contributed by atoms with van der Waals surface area (Å²) in [6.07, 6.45) is 3.96. The molecule has 1 saturated carbocycles. The van der Waals surface area contributed by atoms with Gasteiger partial charge in [0.25, 0.3) is 0 Å². The van der Waals surface area contributed by atoms with Gasteiger partial charge in [-0.25, -0.2) is 9.78 Å². The first-order valence-corrected chi connectivity index (χ1v) is 11.3. The number of carbonyl (C=O) groups is 2. The molecule has 0 spiro atoms. The van der Waals surface area contributed by atoms with Gasteiger partial charge in [-0.2, -0.15) is 0 Å². The van der Waals surface area contributed by atoms with Gasteiger partial charge >= 0.3 is 6.03 Å². The Morgan fingerprint density at radius 2 is 1.97 bits per heavy atom. The van der Waals surface area contributed by atoms with E-state index in [2.05, 4.69) is 26.6 Å². The number of hydrogen-bond donors (Lipinski definition) is 2. The minimum absolute atomic E-state index is 0.0102. The standard InChI is InChI=1S/C21H29N5O2S/c1-15(20(27)23-16-8-9-16)25-11-13-26(14-12-25)21(28)22-10-4-7-19-24-17-5-2-3-6-18(17)29-19/h2-3,5-6,15-16H,4,7-14H2,1H3,(H,22,28)(H,23,27). The number of thiazole rings is 1. The van der Waals surface area contributed by atoms with E-state index in [4.69, 9.17) is 0 Å². The number of aromatic nitrogens is 1. The van der Waals surface area contributed by atoms with E-state index in [1.165, 1.54) is 4.70 Å². The second kappa shape index (κ2) is 9.09. The minimum atomic E-state index is -0.130. The lowest BCUT2D eigenvalue weighted by Gasteiger charge is -2.37. The predicted molar refractivity (Wildman–Crippen MR) is 115 cm³/mol. The molecule has 1 aromatic heterocycles. The van der Waals surface area contributed by atoms with Crippen LogP contribution in [0.15, 0.2) is 24.3 Å². The van der Waals surface area contributed by atoms with Crippen LogP contribution < -0.4 is 10.6 Å². The minimum Gasteiger partial charge on any atom is -0.352 e. The first kappa shape index (κ1) is 20.1. The Morgan fingerprint density at radius 3 is 2.69 bits per heavy atom. The topological polar surface area (TPSA) is 77.6 Å². The number of para-hydroxylation sites is 1. The van der Waals surface area contributed by atoms with Gasteiger partial charge in [0.05, 0.1) is 21.3 Å². The number of urea groups is 1. The summed E-state index contributed by atoms with van der Waals surface area (Å²) in [7, 11) is 0. The summed E-state index contributed by atoms with van der Waals surface area (Å²) in [4.78, 5) is 33.3.